The highest BCUT2D eigenvalue weighted by Crippen LogP contribution is 2.31. The first kappa shape index (κ1) is 19.6. The molecule has 2 aromatic carbocycles. The van der Waals surface area contributed by atoms with Gasteiger partial charge in [0, 0.05) is 18.9 Å². The first-order valence-corrected chi connectivity index (χ1v) is 8.90. The van der Waals surface area contributed by atoms with Gasteiger partial charge in [0.15, 0.2) is 0 Å². The van der Waals surface area contributed by atoms with Crippen LogP contribution in [0, 0.1) is 5.82 Å². The second kappa shape index (κ2) is 8.67. The van der Waals surface area contributed by atoms with Gasteiger partial charge in [-0.1, -0.05) is 18.2 Å². The third-order valence-corrected chi connectivity index (χ3v) is 4.23. The summed E-state index contributed by atoms with van der Waals surface area (Å²) in [5.74, 6) is -0.680. The minimum absolute atomic E-state index is 0.128. The maximum Gasteiger partial charge on any atom is 0.278 e. The number of hydrogen-bond donors (Lipinski definition) is 1. The summed E-state index contributed by atoms with van der Waals surface area (Å²) in [5, 5.41) is 3.04. The summed E-state index contributed by atoms with van der Waals surface area (Å²) in [7, 11) is 1.50. The van der Waals surface area contributed by atoms with Gasteiger partial charge >= 0.3 is 0 Å². The van der Waals surface area contributed by atoms with Crippen LogP contribution in [-0.2, 0) is 14.3 Å². The molecule has 0 unspecified atom stereocenters. The van der Waals surface area contributed by atoms with Gasteiger partial charge in [0.1, 0.15) is 17.3 Å². The molecule has 2 aromatic rings. The van der Waals surface area contributed by atoms with Crippen molar-refractivity contribution in [2.75, 3.05) is 32.2 Å². The summed E-state index contributed by atoms with van der Waals surface area (Å²) in [6, 6.07) is 12.6. The summed E-state index contributed by atoms with van der Waals surface area (Å²) in [6.45, 7) is 2.74. The van der Waals surface area contributed by atoms with Crippen molar-refractivity contribution in [3.63, 3.8) is 0 Å². The van der Waals surface area contributed by atoms with Crippen molar-refractivity contribution in [3.8, 4) is 5.75 Å². The summed E-state index contributed by atoms with van der Waals surface area (Å²) in [4.78, 5) is 26.9. The van der Waals surface area contributed by atoms with Gasteiger partial charge in [-0.15, -0.1) is 0 Å². The summed E-state index contributed by atoms with van der Waals surface area (Å²) >= 11 is 0. The molecule has 6 nitrogen and oxygen atoms in total. The van der Waals surface area contributed by atoms with Gasteiger partial charge in [-0.05, 0) is 36.8 Å². The lowest BCUT2D eigenvalue weighted by atomic mass is 10.0. The van der Waals surface area contributed by atoms with Crippen LogP contribution in [-0.4, -0.2) is 43.6 Å². The van der Waals surface area contributed by atoms with E-state index in [2.05, 4.69) is 5.32 Å². The SMILES string of the molecule is CCOc1cccc(NC2=C(c3ccc(F)cc3)C(=O)N(CCOC)C2=O)c1. The molecule has 0 radical (unpaired) electrons. The average molecular weight is 384 g/mol. The van der Waals surface area contributed by atoms with Crippen LogP contribution in [0.2, 0.25) is 0 Å². The van der Waals surface area contributed by atoms with Crippen molar-refractivity contribution >= 4 is 23.1 Å². The van der Waals surface area contributed by atoms with Crippen molar-refractivity contribution in [2.45, 2.75) is 6.92 Å². The molecule has 0 aliphatic carbocycles. The van der Waals surface area contributed by atoms with Crippen LogP contribution in [0.5, 0.6) is 5.75 Å². The van der Waals surface area contributed by atoms with E-state index in [0.717, 1.165) is 4.90 Å². The standard InChI is InChI=1S/C21H21FN2O4/c1-3-28-17-6-4-5-16(13-17)23-19-18(14-7-9-15(22)10-8-14)20(25)24(21(19)26)11-12-27-2/h4-10,13,23H,3,11-12H2,1-2H3. The molecule has 0 spiro atoms. The number of nitrogens with one attached hydrogen (secondary N) is 1. The maximum absolute atomic E-state index is 13.3. The van der Waals surface area contributed by atoms with Crippen LogP contribution in [0.1, 0.15) is 12.5 Å². The Balaban J connectivity index is 2.00. The zero-order chi connectivity index (χ0) is 20.1. The Labute approximate surface area is 162 Å². The first-order valence-electron chi connectivity index (χ1n) is 8.90. The zero-order valence-corrected chi connectivity index (χ0v) is 15.7. The third kappa shape index (κ3) is 4.04. The van der Waals surface area contributed by atoms with E-state index in [4.69, 9.17) is 9.47 Å². The van der Waals surface area contributed by atoms with Crippen molar-refractivity contribution in [2.24, 2.45) is 0 Å². The number of ether oxygens (including phenoxy) is 2. The van der Waals surface area contributed by atoms with Crippen molar-refractivity contribution in [3.05, 3.63) is 65.6 Å². The van der Waals surface area contributed by atoms with Crippen LogP contribution >= 0.6 is 0 Å². The number of benzene rings is 2. The van der Waals surface area contributed by atoms with Crippen molar-refractivity contribution < 1.29 is 23.5 Å². The summed E-state index contributed by atoms with van der Waals surface area (Å²) < 4.78 is 23.8. The topological polar surface area (TPSA) is 67.9 Å². The molecule has 0 fully saturated rings. The highest BCUT2D eigenvalue weighted by Gasteiger charge is 2.38. The monoisotopic (exact) mass is 384 g/mol. The predicted molar refractivity (Wildman–Crippen MR) is 103 cm³/mol. The normalized spacial score (nSPS) is 14.0. The molecule has 146 valence electrons. The number of halogens is 1. The molecule has 1 aliphatic heterocycles. The maximum atomic E-state index is 13.3. The quantitative estimate of drug-likeness (QED) is 0.709. The number of methoxy groups -OCH3 is 1. The van der Waals surface area contributed by atoms with Crippen LogP contribution < -0.4 is 10.1 Å². The van der Waals surface area contributed by atoms with Crippen LogP contribution in [0.25, 0.3) is 5.57 Å². The number of amides is 2. The van der Waals surface area contributed by atoms with Crippen LogP contribution in [0.3, 0.4) is 0 Å². The third-order valence-electron chi connectivity index (χ3n) is 4.23. The second-order valence-corrected chi connectivity index (χ2v) is 6.10. The van der Waals surface area contributed by atoms with Gasteiger partial charge in [-0.2, -0.15) is 0 Å². The molecule has 0 atom stereocenters. The number of nitrogens with zero attached hydrogens (tertiary/aromatic N) is 1. The largest absolute Gasteiger partial charge is 0.494 e. The van der Waals surface area contributed by atoms with E-state index < -0.39 is 17.6 Å². The van der Waals surface area contributed by atoms with E-state index >= 15 is 0 Å². The molecular weight excluding hydrogens is 363 g/mol. The van der Waals surface area contributed by atoms with E-state index in [0.29, 0.717) is 23.6 Å². The van der Waals surface area contributed by atoms with Gasteiger partial charge < -0.3 is 14.8 Å². The Morgan fingerprint density at radius 1 is 1.07 bits per heavy atom. The zero-order valence-electron chi connectivity index (χ0n) is 15.7. The average Bonchev–Trinajstić information content (AvgIpc) is 2.91. The molecule has 1 heterocycles. The molecule has 1 N–H and O–H groups in total. The smallest absolute Gasteiger partial charge is 0.278 e. The Kier molecular flexibility index (Phi) is 6.06. The van der Waals surface area contributed by atoms with Gasteiger partial charge in [0.05, 0.1) is 25.3 Å². The van der Waals surface area contributed by atoms with Crippen molar-refractivity contribution in [1.82, 2.24) is 4.90 Å². The van der Waals surface area contributed by atoms with E-state index in [1.807, 2.05) is 6.92 Å². The van der Waals surface area contributed by atoms with Crippen LogP contribution in [0.4, 0.5) is 10.1 Å². The summed E-state index contributed by atoms with van der Waals surface area (Å²) in [6.07, 6.45) is 0. The molecule has 1 aliphatic rings. The molecule has 7 heteroatoms. The fourth-order valence-electron chi connectivity index (χ4n) is 2.94. The Bertz CT molecular complexity index is 909. The Morgan fingerprint density at radius 2 is 1.82 bits per heavy atom. The van der Waals surface area contributed by atoms with Crippen molar-refractivity contribution in [1.29, 1.82) is 0 Å². The van der Waals surface area contributed by atoms with E-state index in [1.54, 1.807) is 24.3 Å². The van der Waals surface area contributed by atoms with E-state index in [9.17, 15) is 14.0 Å². The number of rotatable bonds is 8. The lowest BCUT2D eigenvalue weighted by Gasteiger charge is -2.14. The fraction of sp³-hybridized carbons (Fsp3) is 0.238. The van der Waals surface area contributed by atoms with Gasteiger partial charge in [0.25, 0.3) is 11.8 Å². The minimum atomic E-state index is -0.455. The predicted octanol–water partition coefficient (Wildman–Crippen LogP) is 3.06. The molecule has 0 saturated carbocycles. The molecule has 28 heavy (non-hydrogen) atoms. The van der Waals surface area contributed by atoms with Gasteiger partial charge in [-0.3, -0.25) is 14.5 Å². The first-order chi connectivity index (χ1) is 13.5. The highest BCUT2D eigenvalue weighted by molar-refractivity contribution is 6.36. The molecular formula is C21H21FN2O4. The minimum Gasteiger partial charge on any atom is -0.494 e. The van der Waals surface area contributed by atoms with E-state index in [-0.39, 0.29) is 24.4 Å². The van der Waals surface area contributed by atoms with E-state index in [1.165, 1.54) is 31.4 Å². The summed E-state index contributed by atoms with van der Waals surface area (Å²) in [5.41, 5.74) is 1.41. The number of carbonyl (C=O) groups excluding carboxylic acids is 2. The van der Waals surface area contributed by atoms with Gasteiger partial charge in [0.2, 0.25) is 0 Å². The number of imide groups is 1. The molecule has 3 rings (SSSR count). The Hall–Kier alpha value is -3.19. The lowest BCUT2D eigenvalue weighted by molar-refractivity contribution is -0.137. The number of anilines is 1. The lowest BCUT2D eigenvalue weighted by Crippen LogP contribution is -2.35. The molecule has 0 aromatic heterocycles. The molecule has 2 amide bonds. The van der Waals surface area contributed by atoms with Gasteiger partial charge in [-0.25, -0.2) is 4.39 Å². The second-order valence-electron chi connectivity index (χ2n) is 6.10. The Morgan fingerprint density at radius 3 is 2.50 bits per heavy atom. The molecule has 0 bridgehead atoms. The molecule has 0 saturated heterocycles. The number of carbonyl (C=O) groups is 2. The fourth-order valence-corrected chi connectivity index (χ4v) is 2.94. The van der Waals surface area contributed by atoms with Crippen LogP contribution in [0.15, 0.2) is 54.2 Å². The number of hydrogen-bond acceptors (Lipinski definition) is 5. The highest BCUT2D eigenvalue weighted by atomic mass is 19.1.